The Morgan fingerprint density at radius 3 is 3.14 bits per heavy atom. The van der Waals surface area contributed by atoms with Crippen LogP contribution in [-0.2, 0) is 6.54 Å². The maximum Gasteiger partial charge on any atom is 0.240 e. The van der Waals surface area contributed by atoms with E-state index in [2.05, 4.69) is 20.4 Å². The van der Waals surface area contributed by atoms with E-state index in [0.29, 0.717) is 5.82 Å². The van der Waals surface area contributed by atoms with Crippen LogP contribution in [0.1, 0.15) is 18.1 Å². The first kappa shape index (κ1) is 9.61. The first-order valence-electron chi connectivity index (χ1n) is 5.07. The monoisotopic (exact) mass is 196 g/mol. The Morgan fingerprint density at radius 1 is 1.43 bits per heavy atom. The molecular formula is C9H16N4O. The summed E-state index contributed by atoms with van der Waals surface area (Å²) in [4.78, 5) is 6.54. The SMILES string of the molecule is Cc1noc(CN2CCCNCC2)n1. The van der Waals surface area contributed by atoms with Gasteiger partial charge in [0.25, 0.3) is 0 Å². The van der Waals surface area contributed by atoms with Crippen molar-refractivity contribution in [2.24, 2.45) is 0 Å². The number of nitrogens with one attached hydrogen (secondary N) is 1. The molecule has 0 spiro atoms. The fraction of sp³-hybridized carbons (Fsp3) is 0.778. The van der Waals surface area contributed by atoms with E-state index < -0.39 is 0 Å². The number of rotatable bonds is 2. The van der Waals surface area contributed by atoms with Gasteiger partial charge < -0.3 is 9.84 Å². The van der Waals surface area contributed by atoms with Crippen LogP contribution in [0.4, 0.5) is 0 Å². The van der Waals surface area contributed by atoms with Gasteiger partial charge in [0, 0.05) is 13.1 Å². The predicted octanol–water partition coefficient (Wildman–Crippen LogP) is 0.173. The molecular weight excluding hydrogens is 180 g/mol. The summed E-state index contributed by atoms with van der Waals surface area (Å²) in [5.74, 6) is 1.44. The first-order chi connectivity index (χ1) is 6.84. The minimum Gasteiger partial charge on any atom is -0.338 e. The molecule has 0 amide bonds. The zero-order valence-corrected chi connectivity index (χ0v) is 8.49. The topological polar surface area (TPSA) is 54.2 Å². The summed E-state index contributed by atoms with van der Waals surface area (Å²) in [6.07, 6.45) is 1.19. The number of nitrogens with zero attached hydrogens (tertiary/aromatic N) is 3. The van der Waals surface area contributed by atoms with Gasteiger partial charge in [-0.1, -0.05) is 5.16 Å². The molecule has 0 unspecified atom stereocenters. The molecule has 2 rings (SSSR count). The molecule has 0 saturated carbocycles. The van der Waals surface area contributed by atoms with Gasteiger partial charge in [-0.15, -0.1) is 0 Å². The van der Waals surface area contributed by atoms with Crippen LogP contribution in [0, 0.1) is 6.92 Å². The third-order valence-corrected chi connectivity index (χ3v) is 2.36. The molecule has 0 atom stereocenters. The fourth-order valence-corrected chi connectivity index (χ4v) is 1.66. The maximum absolute atomic E-state index is 5.08. The standard InChI is InChI=1S/C9H16N4O/c1-8-11-9(14-12-8)7-13-5-2-3-10-4-6-13/h10H,2-7H2,1H3. The lowest BCUT2D eigenvalue weighted by Crippen LogP contribution is -2.27. The number of hydrogen-bond donors (Lipinski definition) is 1. The molecule has 5 nitrogen and oxygen atoms in total. The second-order valence-electron chi connectivity index (χ2n) is 3.62. The zero-order chi connectivity index (χ0) is 9.80. The Hall–Kier alpha value is -0.940. The molecule has 1 aliphatic heterocycles. The van der Waals surface area contributed by atoms with Gasteiger partial charge >= 0.3 is 0 Å². The van der Waals surface area contributed by atoms with Crippen LogP contribution < -0.4 is 5.32 Å². The van der Waals surface area contributed by atoms with E-state index in [1.54, 1.807) is 0 Å². The summed E-state index contributed by atoms with van der Waals surface area (Å²) in [7, 11) is 0. The lowest BCUT2D eigenvalue weighted by molar-refractivity contribution is 0.239. The van der Waals surface area contributed by atoms with Gasteiger partial charge in [-0.2, -0.15) is 4.98 Å². The Morgan fingerprint density at radius 2 is 2.36 bits per heavy atom. The van der Waals surface area contributed by atoms with Crippen molar-refractivity contribution in [3.05, 3.63) is 11.7 Å². The molecule has 5 heteroatoms. The van der Waals surface area contributed by atoms with E-state index >= 15 is 0 Å². The number of hydrogen-bond acceptors (Lipinski definition) is 5. The highest BCUT2D eigenvalue weighted by Crippen LogP contribution is 2.03. The lowest BCUT2D eigenvalue weighted by Gasteiger charge is -2.16. The van der Waals surface area contributed by atoms with Gasteiger partial charge in [0.2, 0.25) is 5.89 Å². The average molecular weight is 196 g/mol. The molecule has 1 saturated heterocycles. The molecule has 1 fully saturated rings. The van der Waals surface area contributed by atoms with E-state index in [0.717, 1.165) is 38.6 Å². The van der Waals surface area contributed by atoms with Crippen molar-refractivity contribution < 1.29 is 4.52 Å². The van der Waals surface area contributed by atoms with Gasteiger partial charge in [-0.3, -0.25) is 4.90 Å². The first-order valence-corrected chi connectivity index (χ1v) is 5.07. The Bertz CT molecular complexity index is 278. The zero-order valence-electron chi connectivity index (χ0n) is 8.49. The highest BCUT2D eigenvalue weighted by molar-refractivity contribution is 4.83. The number of aromatic nitrogens is 2. The highest BCUT2D eigenvalue weighted by Gasteiger charge is 2.12. The van der Waals surface area contributed by atoms with Crippen molar-refractivity contribution >= 4 is 0 Å². The van der Waals surface area contributed by atoms with E-state index in [1.165, 1.54) is 6.42 Å². The molecule has 1 aromatic rings. The second-order valence-corrected chi connectivity index (χ2v) is 3.62. The van der Waals surface area contributed by atoms with Crippen LogP contribution in [0.2, 0.25) is 0 Å². The smallest absolute Gasteiger partial charge is 0.240 e. The Labute approximate surface area is 83.5 Å². The van der Waals surface area contributed by atoms with Crippen molar-refractivity contribution in [3.8, 4) is 0 Å². The van der Waals surface area contributed by atoms with Gasteiger partial charge in [0.1, 0.15) is 0 Å². The summed E-state index contributed by atoms with van der Waals surface area (Å²) in [6.45, 7) is 6.95. The normalized spacial score (nSPS) is 19.5. The van der Waals surface area contributed by atoms with Crippen LogP contribution >= 0.6 is 0 Å². The van der Waals surface area contributed by atoms with Crippen molar-refractivity contribution in [2.75, 3.05) is 26.2 Å². The van der Waals surface area contributed by atoms with Crippen molar-refractivity contribution in [3.63, 3.8) is 0 Å². The summed E-state index contributed by atoms with van der Waals surface area (Å²) in [5, 5.41) is 7.14. The van der Waals surface area contributed by atoms with Crippen LogP contribution in [-0.4, -0.2) is 41.2 Å². The van der Waals surface area contributed by atoms with Crippen LogP contribution in [0.15, 0.2) is 4.52 Å². The van der Waals surface area contributed by atoms with E-state index in [4.69, 9.17) is 4.52 Å². The summed E-state index contributed by atoms with van der Waals surface area (Å²) in [5.41, 5.74) is 0. The van der Waals surface area contributed by atoms with Crippen molar-refractivity contribution in [1.29, 1.82) is 0 Å². The summed E-state index contributed by atoms with van der Waals surface area (Å²) >= 11 is 0. The average Bonchev–Trinajstić information content (AvgIpc) is 2.43. The molecule has 1 N–H and O–H groups in total. The van der Waals surface area contributed by atoms with Crippen molar-refractivity contribution in [1.82, 2.24) is 20.4 Å². The minimum absolute atomic E-state index is 0.716. The molecule has 78 valence electrons. The third kappa shape index (κ3) is 2.52. The molecule has 1 aliphatic rings. The third-order valence-electron chi connectivity index (χ3n) is 2.36. The summed E-state index contributed by atoms with van der Waals surface area (Å²) < 4.78 is 5.08. The maximum atomic E-state index is 5.08. The molecule has 0 aliphatic carbocycles. The molecule has 0 aromatic carbocycles. The van der Waals surface area contributed by atoms with Crippen LogP contribution in [0.3, 0.4) is 0 Å². The fourth-order valence-electron chi connectivity index (χ4n) is 1.66. The van der Waals surface area contributed by atoms with Crippen molar-refractivity contribution in [2.45, 2.75) is 19.9 Å². The molecule has 0 radical (unpaired) electrons. The van der Waals surface area contributed by atoms with E-state index in [-0.39, 0.29) is 0 Å². The van der Waals surface area contributed by atoms with Gasteiger partial charge in [-0.25, -0.2) is 0 Å². The second kappa shape index (κ2) is 4.52. The Balaban J connectivity index is 1.89. The molecule has 1 aromatic heterocycles. The van der Waals surface area contributed by atoms with Crippen LogP contribution in [0.5, 0.6) is 0 Å². The quantitative estimate of drug-likeness (QED) is 0.731. The molecule has 14 heavy (non-hydrogen) atoms. The number of aryl methyl sites for hydroxylation is 1. The Kier molecular flexibility index (Phi) is 3.10. The largest absolute Gasteiger partial charge is 0.338 e. The van der Waals surface area contributed by atoms with Gasteiger partial charge in [-0.05, 0) is 26.4 Å². The van der Waals surface area contributed by atoms with Gasteiger partial charge in [0.05, 0.1) is 6.54 Å². The lowest BCUT2D eigenvalue weighted by atomic mass is 10.4. The molecule has 0 bridgehead atoms. The van der Waals surface area contributed by atoms with E-state index in [9.17, 15) is 0 Å². The summed E-state index contributed by atoms with van der Waals surface area (Å²) in [6, 6.07) is 0. The predicted molar refractivity (Wildman–Crippen MR) is 51.8 cm³/mol. The highest BCUT2D eigenvalue weighted by atomic mass is 16.5. The molecule has 2 heterocycles. The minimum atomic E-state index is 0.716. The van der Waals surface area contributed by atoms with E-state index in [1.807, 2.05) is 6.92 Å². The van der Waals surface area contributed by atoms with Gasteiger partial charge in [0.15, 0.2) is 5.82 Å². The van der Waals surface area contributed by atoms with Crippen LogP contribution in [0.25, 0.3) is 0 Å².